The molecule has 7 heteroatoms. The van der Waals surface area contributed by atoms with E-state index in [-0.39, 0.29) is 11.5 Å². The molecule has 0 bridgehead atoms. The molecule has 1 amide bonds. The maximum absolute atomic E-state index is 12.3. The second kappa shape index (κ2) is 9.01. The van der Waals surface area contributed by atoms with Crippen LogP contribution in [0.3, 0.4) is 0 Å². The first kappa shape index (κ1) is 19.4. The lowest BCUT2D eigenvalue weighted by Crippen LogP contribution is -2.49. The van der Waals surface area contributed by atoms with E-state index in [0.29, 0.717) is 22.2 Å². The van der Waals surface area contributed by atoms with Gasteiger partial charge in [-0.25, -0.2) is 0 Å². The van der Waals surface area contributed by atoms with Crippen molar-refractivity contribution in [3.63, 3.8) is 0 Å². The standard InChI is InChI=1S/C20H26N4O2S/c1-15-22-20(26)18(27-15)14-16-6-2-3-7-17(16)23-10-12-24(13-11-23)19(25)8-4-5-9-21/h2-3,6-7,14H,1,4-5,8-13,21H2,(H,22,26). The van der Waals surface area contributed by atoms with Gasteiger partial charge in [-0.2, -0.15) is 0 Å². The lowest BCUT2D eigenvalue weighted by Gasteiger charge is -2.37. The van der Waals surface area contributed by atoms with Gasteiger partial charge in [0.25, 0.3) is 5.56 Å². The SMILES string of the molecule is C=c1[nH]c(=O)c(=Cc2ccccc2N2CCN(C(=O)CCCCN)CC2)s1. The molecular weight excluding hydrogens is 360 g/mol. The highest BCUT2D eigenvalue weighted by Crippen LogP contribution is 2.22. The van der Waals surface area contributed by atoms with Gasteiger partial charge in [-0.1, -0.05) is 24.8 Å². The highest BCUT2D eigenvalue weighted by Gasteiger charge is 2.21. The number of piperazine rings is 1. The number of nitrogens with zero attached hydrogens (tertiary/aromatic N) is 2. The predicted octanol–water partition coefficient (Wildman–Crippen LogP) is 0.453. The van der Waals surface area contributed by atoms with Gasteiger partial charge < -0.3 is 20.5 Å². The third-order valence-electron chi connectivity index (χ3n) is 4.75. The minimum absolute atomic E-state index is 0.104. The molecule has 27 heavy (non-hydrogen) atoms. The van der Waals surface area contributed by atoms with Gasteiger partial charge in [0.1, 0.15) is 0 Å². The lowest BCUT2D eigenvalue weighted by atomic mass is 10.1. The van der Waals surface area contributed by atoms with Crippen molar-refractivity contribution < 1.29 is 4.79 Å². The number of hydrogen-bond acceptors (Lipinski definition) is 5. The van der Waals surface area contributed by atoms with Gasteiger partial charge >= 0.3 is 0 Å². The lowest BCUT2D eigenvalue weighted by molar-refractivity contribution is -0.131. The quantitative estimate of drug-likeness (QED) is 0.707. The van der Waals surface area contributed by atoms with E-state index >= 15 is 0 Å². The number of carbonyl (C=O) groups is 1. The number of carbonyl (C=O) groups excluding carboxylic acids is 1. The zero-order chi connectivity index (χ0) is 19.2. The molecule has 0 aliphatic carbocycles. The summed E-state index contributed by atoms with van der Waals surface area (Å²) in [5.74, 6) is 0.219. The molecular formula is C20H26N4O2S. The summed E-state index contributed by atoms with van der Waals surface area (Å²) in [6.45, 7) is 7.45. The van der Waals surface area contributed by atoms with Crippen molar-refractivity contribution in [2.45, 2.75) is 19.3 Å². The molecule has 1 aromatic carbocycles. The first-order valence-electron chi connectivity index (χ1n) is 9.30. The Labute approximate surface area is 162 Å². The van der Waals surface area contributed by atoms with Crippen LogP contribution >= 0.6 is 11.3 Å². The van der Waals surface area contributed by atoms with Gasteiger partial charge in [0.05, 0.1) is 9.20 Å². The van der Waals surface area contributed by atoms with Gasteiger partial charge in [0.15, 0.2) is 0 Å². The zero-order valence-corrected chi connectivity index (χ0v) is 16.3. The Morgan fingerprint density at radius 1 is 1.22 bits per heavy atom. The molecule has 3 rings (SSSR count). The number of para-hydroxylation sites is 1. The van der Waals surface area contributed by atoms with Gasteiger partial charge in [0, 0.05) is 38.3 Å². The van der Waals surface area contributed by atoms with Crippen LogP contribution in [-0.4, -0.2) is 48.5 Å². The fraction of sp³-hybridized carbons (Fsp3) is 0.400. The third-order valence-corrected chi connectivity index (χ3v) is 5.62. The second-order valence-corrected chi connectivity index (χ2v) is 7.80. The summed E-state index contributed by atoms with van der Waals surface area (Å²) in [6, 6.07) is 8.06. The normalized spacial score (nSPS) is 15.4. The van der Waals surface area contributed by atoms with Crippen LogP contribution in [0.15, 0.2) is 29.1 Å². The minimum atomic E-state index is -0.104. The fourth-order valence-corrected chi connectivity index (χ4v) is 4.04. The summed E-state index contributed by atoms with van der Waals surface area (Å²) in [4.78, 5) is 31.2. The number of nitrogens with two attached hydrogens (primary N) is 1. The zero-order valence-electron chi connectivity index (χ0n) is 15.4. The van der Waals surface area contributed by atoms with Gasteiger partial charge in [-0.05, 0) is 37.1 Å². The third kappa shape index (κ3) is 4.87. The molecule has 1 aliphatic heterocycles. The largest absolute Gasteiger partial charge is 0.367 e. The number of H-pyrrole nitrogens is 1. The Bertz CT molecular complexity index is 941. The first-order valence-corrected chi connectivity index (χ1v) is 10.1. The second-order valence-electron chi connectivity index (χ2n) is 6.66. The van der Waals surface area contributed by atoms with Crippen LogP contribution in [0.1, 0.15) is 24.8 Å². The maximum Gasteiger partial charge on any atom is 0.266 e. The van der Waals surface area contributed by atoms with Crippen LogP contribution in [0, 0.1) is 0 Å². The topological polar surface area (TPSA) is 82.4 Å². The molecule has 6 nitrogen and oxygen atoms in total. The Balaban J connectivity index is 1.71. The van der Waals surface area contributed by atoms with Crippen LogP contribution < -0.4 is 25.4 Å². The van der Waals surface area contributed by atoms with Crippen molar-refractivity contribution in [1.29, 1.82) is 0 Å². The summed E-state index contributed by atoms with van der Waals surface area (Å²) in [5.41, 5.74) is 7.49. The molecule has 1 aromatic heterocycles. The molecule has 2 aromatic rings. The van der Waals surface area contributed by atoms with E-state index in [2.05, 4.69) is 22.5 Å². The van der Waals surface area contributed by atoms with Crippen LogP contribution in [0.5, 0.6) is 0 Å². The number of benzene rings is 1. The molecule has 1 aliphatic rings. The first-order chi connectivity index (χ1) is 13.1. The predicted molar refractivity (Wildman–Crippen MR) is 111 cm³/mol. The molecule has 1 fully saturated rings. The van der Waals surface area contributed by atoms with Crippen LogP contribution in [-0.2, 0) is 4.79 Å². The van der Waals surface area contributed by atoms with Crippen molar-refractivity contribution in [3.05, 3.63) is 49.4 Å². The molecule has 0 saturated carbocycles. The van der Waals surface area contributed by atoms with E-state index in [1.165, 1.54) is 11.3 Å². The number of anilines is 1. The Morgan fingerprint density at radius 2 is 1.96 bits per heavy atom. The van der Waals surface area contributed by atoms with Crippen LogP contribution in [0.25, 0.3) is 12.7 Å². The van der Waals surface area contributed by atoms with E-state index in [4.69, 9.17) is 5.73 Å². The molecule has 2 heterocycles. The molecule has 1 saturated heterocycles. The van der Waals surface area contributed by atoms with E-state index in [0.717, 1.165) is 50.3 Å². The van der Waals surface area contributed by atoms with Crippen molar-refractivity contribution in [1.82, 2.24) is 9.88 Å². The number of amides is 1. The van der Waals surface area contributed by atoms with Gasteiger partial charge in [0.2, 0.25) is 5.91 Å². The highest BCUT2D eigenvalue weighted by atomic mass is 32.1. The van der Waals surface area contributed by atoms with E-state index in [9.17, 15) is 9.59 Å². The minimum Gasteiger partial charge on any atom is -0.367 e. The molecule has 0 atom stereocenters. The summed E-state index contributed by atoms with van der Waals surface area (Å²) < 4.78 is 1.31. The number of rotatable bonds is 6. The number of aromatic amines is 1. The number of aromatic nitrogens is 1. The summed E-state index contributed by atoms with van der Waals surface area (Å²) in [7, 11) is 0. The van der Waals surface area contributed by atoms with Crippen LogP contribution in [0.2, 0.25) is 0 Å². The van der Waals surface area contributed by atoms with Crippen molar-refractivity contribution in [2.24, 2.45) is 5.73 Å². The van der Waals surface area contributed by atoms with E-state index in [1.807, 2.05) is 29.2 Å². The maximum atomic E-state index is 12.3. The molecule has 0 radical (unpaired) electrons. The fourth-order valence-electron chi connectivity index (χ4n) is 3.30. The molecule has 0 spiro atoms. The Kier molecular flexibility index (Phi) is 6.47. The number of hydrogen-bond donors (Lipinski definition) is 2. The van der Waals surface area contributed by atoms with Crippen molar-refractivity contribution in [3.8, 4) is 0 Å². The Morgan fingerprint density at radius 3 is 2.63 bits per heavy atom. The number of nitrogens with one attached hydrogen (secondary N) is 1. The Hall–Kier alpha value is -2.38. The molecule has 0 unspecified atom stereocenters. The summed E-state index contributed by atoms with van der Waals surface area (Å²) >= 11 is 1.36. The highest BCUT2D eigenvalue weighted by molar-refractivity contribution is 7.07. The summed E-state index contributed by atoms with van der Waals surface area (Å²) in [5, 5.41) is 0. The van der Waals surface area contributed by atoms with Crippen molar-refractivity contribution >= 4 is 35.6 Å². The van der Waals surface area contributed by atoms with E-state index < -0.39 is 0 Å². The monoisotopic (exact) mass is 386 g/mol. The summed E-state index contributed by atoms with van der Waals surface area (Å²) in [6.07, 6.45) is 4.25. The van der Waals surface area contributed by atoms with Crippen LogP contribution in [0.4, 0.5) is 5.69 Å². The van der Waals surface area contributed by atoms with Gasteiger partial charge in [-0.3, -0.25) is 9.59 Å². The number of unbranched alkanes of at least 4 members (excludes halogenated alkanes) is 1. The van der Waals surface area contributed by atoms with Crippen molar-refractivity contribution in [2.75, 3.05) is 37.6 Å². The van der Waals surface area contributed by atoms with Gasteiger partial charge in [-0.15, -0.1) is 11.3 Å². The van der Waals surface area contributed by atoms with E-state index in [1.54, 1.807) is 0 Å². The average Bonchev–Trinajstić information content (AvgIpc) is 2.99. The molecule has 3 N–H and O–H groups in total. The smallest absolute Gasteiger partial charge is 0.266 e. The number of thiazole rings is 1. The molecule has 144 valence electrons. The average molecular weight is 387 g/mol.